The molecule has 0 radical (unpaired) electrons. The molecule has 2 fully saturated rings. The second kappa shape index (κ2) is 6.53. The quantitative estimate of drug-likeness (QED) is 0.749. The van der Waals surface area contributed by atoms with Gasteiger partial charge in [-0.3, -0.25) is 4.79 Å². The minimum atomic E-state index is 0.0186. The van der Waals surface area contributed by atoms with Gasteiger partial charge in [-0.05, 0) is 26.2 Å². The molecule has 18 heavy (non-hydrogen) atoms. The summed E-state index contributed by atoms with van der Waals surface area (Å²) in [7, 11) is 0. The average molecular weight is 254 g/mol. The van der Waals surface area contributed by atoms with Crippen LogP contribution in [0.5, 0.6) is 0 Å². The van der Waals surface area contributed by atoms with Crippen LogP contribution in [0.25, 0.3) is 0 Å². The van der Waals surface area contributed by atoms with Gasteiger partial charge in [0.25, 0.3) is 0 Å². The lowest BCUT2D eigenvalue weighted by molar-refractivity contribution is -0.126. The number of nitrogens with two attached hydrogens (primary N) is 1. The van der Waals surface area contributed by atoms with Crippen molar-refractivity contribution in [1.29, 1.82) is 0 Å². The van der Waals surface area contributed by atoms with E-state index < -0.39 is 0 Å². The van der Waals surface area contributed by atoms with Crippen LogP contribution in [-0.2, 0) is 9.53 Å². The topological polar surface area (TPSA) is 64.3 Å². The lowest BCUT2D eigenvalue weighted by atomic mass is 9.94. The predicted molar refractivity (Wildman–Crippen MR) is 71.1 cm³/mol. The average Bonchev–Trinajstić information content (AvgIpc) is 2.63. The van der Waals surface area contributed by atoms with Crippen molar-refractivity contribution in [2.45, 2.75) is 57.6 Å². The van der Waals surface area contributed by atoms with Gasteiger partial charge in [0, 0.05) is 25.1 Å². The van der Waals surface area contributed by atoms with Crippen LogP contribution >= 0.6 is 0 Å². The molecule has 4 nitrogen and oxygen atoms in total. The lowest BCUT2D eigenvalue weighted by Crippen LogP contribution is -2.43. The Kier molecular flexibility index (Phi) is 5.01. The summed E-state index contributed by atoms with van der Waals surface area (Å²) in [6.07, 6.45) is 6.77. The van der Waals surface area contributed by atoms with E-state index in [1.54, 1.807) is 0 Å². The van der Waals surface area contributed by atoms with E-state index in [1.807, 2.05) is 0 Å². The van der Waals surface area contributed by atoms with Crippen molar-refractivity contribution in [1.82, 2.24) is 5.32 Å². The molecule has 1 aliphatic carbocycles. The summed E-state index contributed by atoms with van der Waals surface area (Å²) >= 11 is 0. The fraction of sp³-hybridized carbons (Fsp3) is 0.929. The molecule has 0 aromatic carbocycles. The molecule has 1 heterocycles. The highest BCUT2D eigenvalue weighted by Crippen LogP contribution is 2.23. The molecule has 1 amide bonds. The van der Waals surface area contributed by atoms with Crippen LogP contribution in [-0.4, -0.2) is 31.2 Å². The van der Waals surface area contributed by atoms with Crippen molar-refractivity contribution in [3.63, 3.8) is 0 Å². The van der Waals surface area contributed by atoms with Crippen LogP contribution in [0.3, 0.4) is 0 Å². The maximum Gasteiger partial charge on any atom is 0.224 e. The van der Waals surface area contributed by atoms with E-state index in [0.29, 0.717) is 5.92 Å². The summed E-state index contributed by atoms with van der Waals surface area (Å²) in [6.45, 7) is 3.65. The van der Waals surface area contributed by atoms with Gasteiger partial charge in [-0.15, -0.1) is 0 Å². The maximum absolute atomic E-state index is 12.2. The molecule has 2 rings (SSSR count). The Balaban J connectivity index is 1.79. The molecule has 1 saturated carbocycles. The van der Waals surface area contributed by atoms with Gasteiger partial charge in [0.2, 0.25) is 5.91 Å². The molecule has 0 bridgehead atoms. The molecule has 4 atom stereocenters. The number of hydrogen-bond acceptors (Lipinski definition) is 3. The molecule has 0 spiro atoms. The van der Waals surface area contributed by atoms with E-state index >= 15 is 0 Å². The van der Waals surface area contributed by atoms with Crippen molar-refractivity contribution in [3.8, 4) is 0 Å². The van der Waals surface area contributed by atoms with E-state index in [0.717, 1.165) is 38.8 Å². The molecular weight excluding hydrogens is 228 g/mol. The molecule has 4 unspecified atom stereocenters. The summed E-state index contributed by atoms with van der Waals surface area (Å²) in [5, 5.41) is 3.08. The van der Waals surface area contributed by atoms with Crippen LogP contribution in [0.1, 0.15) is 45.4 Å². The number of amides is 1. The zero-order chi connectivity index (χ0) is 13.0. The molecule has 1 saturated heterocycles. The molecule has 0 aromatic heterocycles. The van der Waals surface area contributed by atoms with Crippen molar-refractivity contribution >= 4 is 5.91 Å². The summed E-state index contributed by atoms with van der Waals surface area (Å²) in [5.74, 6) is 0.643. The summed E-state index contributed by atoms with van der Waals surface area (Å²) in [6, 6.07) is 0.0461. The van der Waals surface area contributed by atoms with E-state index in [2.05, 4.69) is 12.2 Å². The van der Waals surface area contributed by atoms with Gasteiger partial charge < -0.3 is 15.8 Å². The number of hydrogen-bond donors (Lipinski definition) is 2. The summed E-state index contributed by atoms with van der Waals surface area (Å²) in [5.41, 5.74) is 6.11. The first-order valence-corrected chi connectivity index (χ1v) is 7.33. The highest BCUT2D eigenvalue weighted by Gasteiger charge is 2.29. The van der Waals surface area contributed by atoms with E-state index in [1.165, 1.54) is 12.8 Å². The monoisotopic (exact) mass is 254 g/mol. The Morgan fingerprint density at radius 1 is 1.28 bits per heavy atom. The zero-order valence-electron chi connectivity index (χ0n) is 11.4. The smallest absolute Gasteiger partial charge is 0.224 e. The van der Waals surface area contributed by atoms with Crippen LogP contribution < -0.4 is 11.1 Å². The highest BCUT2D eigenvalue weighted by atomic mass is 16.5. The van der Waals surface area contributed by atoms with Gasteiger partial charge in [0.15, 0.2) is 0 Å². The summed E-state index contributed by atoms with van der Waals surface area (Å²) < 4.78 is 5.51. The summed E-state index contributed by atoms with van der Waals surface area (Å²) in [4.78, 5) is 12.2. The first-order chi connectivity index (χ1) is 8.68. The number of carbonyl (C=O) groups is 1. The Labute approximate surface area is 110 Å². The van der Waals surface area contributed by atoms with Crippen LogP contribution in [0.2, 0.25) is 0 Å². The van der Waals surface area contributed by atoms with Crippen LogP contribution in [0.4, 0.5) is 0 Å². The zero-order valence-corrected chi connectivity index (χ0v) is 11.4. The Morgan fingerprint density at radius 2 is 2.06 bits per heavy atom. The van der Waals surface area contributed by atoms with Gasteiger partial charge in [0.05, 0.1) is 12.0 Å². The number of nitrogens with one attached hydrogen (secondary N) is 1. The number of carbonyl (C=O) groups excluding carboxylic acids is 1. The largest absolute Gasteiger partial charge is 0.378 e. The lowest BCUT2D eigenvalue weighted by Gasteiger charge is -2.22. The van der Waals surface area contributed by atoms with Gasteiger partial charge in [-0.25, -0.2) is 0 Å². The van der Waals surface area contributed by atoms with Crippen molar-refractivity contribution in [2.75, 3.05) is 13.2 Å². The van der Waals surface area contributed by atoms with Crippen molar-refractivity contribution in [3.05, 3.63) is 0 Å². The standard InChI is InChI=1S/C14H26N2O2/c1-10-11(7-8-18-10)9-16-14(17)12-5-3-2-4-6-13(12)15/h10-13H,2-9,15H2,1H3,(H,16,17). The minimum absolute atomic E-state index is 0.0186. The molecular formula is C14H26N2O2. The van der Waals surface area contributed by atoms with Crippen LogP contribution in [0.15, 0.2) is 0 Å². The fourth-order valence-corrected chi connectivity index (χ4v) is 3.07. The third-order valence-electron chi connectivity index (χ3n) is 4.48. The second-order valence-electron chi connectivity index (χ2n) is 5.78. The molecule has 0 aromatic rings. The number of rotatable bonds is 3. The molecule has 3 N–H and O–H groups in total. The first-order valence-electron chi connectivity index (χ1n) is 7.33. The molecule has 1 aliphatic heterocycles. The van der Waals surface area contributed by atoms with Gasteiger partial charge in [-0.1, -0.05) is 19.3 Å². The van der Waals surface area contributed by atoms with Crippen LogP contribution in [0, 0.1) is 11.8 Å². The number of ether oxygens (including phenoxy) is 1. The maximum atomic E-state index is 12.2. The third kappa shape index (κ3) is 3.45. The SMILES string of the molecule is CC1OCCC1CNC(=O)C1CCCCCC1N. The highest BCUT2D eigenvalue weighted by molar-refractivity contribution is 5.79. The molecule has 2 aliphatic rings. The molecule has 4 heteroatoms. The van der Waals surface area contributed by atoms with Gasteiger partial charge >= 0.3 is 0 Å². The minimum Gasteiger partial charge on any atom is -0.378 e. The van der Waals surface area contributed by atoms with Crippen molar-refractivity contribution in [2.24, 2.45) is 17.6 Å². The molecule has 104 valence electrons. The predicted octanol–water partition coefficient (Wildman–Crippen LogP) is 1.44. The van der Waals surface area contributed by atoms with E-state index in [-0.39, 0.29) is 24.0 Å². The van der Waals surface area contributed by atoms with Gasteiger partial charge in [-0.2, -0.15) is 0 Å². The van der Waals surface area contributed by atoms with Gasteiger partial charge in [0.1, 0.15) is 0 Å². The Hall–Kier alpha value is -0.610. The normalized spacial score (nSPS) is 37.2. The van der Waals surface area contributed by atoms with E-state index in [4.69, 9.17) is 10.5 Å². The van der Waals surface area contributed by atoms with Crippen molar-refractivity contribution < 1.29 is 9.53 Å². The van der Waals surface area contributed by atoms with E-state index in [9.17, 15) is 4.79 Å². The first kappa shape index (κ1) is 13.8. The second-order valence-corrected chi connectivity index (χ2v) is 5.78. The Bertz CT molecular complexity index is 283. The fourth-order valence-electron chi connectivity index (χ4n) is 3.07. The Morgan fingerprint density at radius 3 is 2.78 bits per heavy atom. The third-order valence-corrected chi connectivity index (χ3v) is 4.48.